The summed E-state index contributed by atoms with van der Waals surface area (Å²) < 4.78 is 1.62. The van der Waals surface area contributed by atoms with E-state index >= 15 is 0 Å². The lowest BCUT2D eigenvalue weighted by Gasteiger charge is -2.16. The summed E-state index contributed by atoms with van der Waals surface area (Å²) >= 11 is 7.29. The first-order valence-corrected chi connectivity index (χ1v) is 10.3. The van der Waals surface area contributed by atoms with Crippen LogP contribution in [-0.4, -0.2) is 21.2 Å². The summed E-state index contributed by atoms with van der Waals surface area (Å²) in [6.45, 7) is 7.81. The molecule has 1 heterocycles. The summed E-state index contributed by atoms with van der Waals surface area (Å²) in [6.07, 6.45) is 0. The van der Waals surface area contributed by atoms with Gasteiger partial charge in [0.05, 0.1) is 16.7 Å². The SMILES string of the molecule is Cc1ccc(NC(=O)CSc2nc3cc(Cl)ccc3c(=O)n2C(C)C)c(C)c1. The van der Waals surface area contributed by atoms with Crippen LogP contribution in [0.2, 0.25) is 5.02 Å². The fraction of sp³-hybridized carbons (Fsp3) is 0.286. The first kappa shape index (κ1) is 20.4. The van der Waals surface area contributed by atoms with Gasteiger partial charge in [0.25, 0.3) is 5.56 Å². The average molecular weight is 416 g/mol. The molecule has 1 N–H and O–H groups in total. The van der Waals surface area contributed by atoms with Crippen molar-refractivity contribution in [2.24, 2.45) is 0 Å². The number of aromatic nitrogens is 2. The normalized spacial score (nSPS) is 11.2. The number of anilines is 1. The van der Waals surface area contributed by atoms with Gasteiger partial charge in [0.15, 0.2) is 5.16 Å². The third-order valence-electron chi connectivity index (χ3n) is 4.34. The lowest BCUT2D eigenvalue weighted by Crippen LogP contribution is -2.25. The number of halogens is 1. The van der Waals surface area contributed by atoms with Crippen molar-refractivity contribution in [2.75, 3.05) is 11.1 Å². The van der Waals surface area contributed by atoms with Crippen LogP contribution in [-0.2, 0) is 4.79 Å². The van der Waals surface area contributed by atoms with Crippen LogP contribution in [0.25, 0.3) is 10.9 Å². The first-order valence-electron chi connectivity index (χ1n) is 8.98. The minimum absolute atomic E-state index is 0.0787. The second-order valence-corrected chi connectivity index (χ2v) is 8.36. The van der Waals surface area contributed by atoms with Gasteiger partial charge in [-0.05, 0) is 57.5 Å². The number of fused-ring (bicyclic) bond motifs is 1. The topological polar surface area (TPSA) is 64.0 Å². The Morgan fingerprint density at radius 2 is 1.96 bits per heavy atom. The van der Waals surface area contributed by atoms with E-state index in [1.165, 1.54) is 11.8 Å². The maximum atomic E-state index is 12.9. The van der Waals surface area contributed by atoms with Gasteiger partial charge in [-0.15, -0.1) is 0 Å². The molecule has 1 aromatic heterocycles. The van der Waals surface area contributed by atoms with Crippen LogP contribution in [0.1, 0.15) is 31.0 Å². The summed E-state index contributed by atoms with van der Waals surface area (Å²) in [5.74, 6) is 0.00569. The maximum absolute atomic E-state index is 12.9. The number of hydrogen-bond donors (Lipinski definition) is 1. The van der Waals surface area contributed by atoms with E-state index in [1.54, 1.807) is 22.8 Å². The van der Waals surface area contributed by atoms with Gasteiger partial charge in [0.1, 0.15) is 0 Å². The maximum Gasteiger partial charge on any atom is 0.262 e. The van der Waals surface area contributed by atoms with Gasteiger partial charge in [0, 0.05) is 16.8 Å². The number of carbonyl (C=O) groups is 1. The molecule has 0 atom stereocenters. The van der Waals surface area contributed by atoms with E-state index in [1.807, 2.05) is 45.9 Å². The second kappa shape index (κ2) is 8.37. The Bertz CT molecular complexity index is 1110. The van der Waals surface area contributed by atoms with Crippen molar-refractivity contribution in [3.05, 3.63) is 62.9 Å². The van der Waals surface area contributed by atoms with E-state index < -0.39 is 0 Å². The molecule has 28 heavy (non-hydrogen) atoms. The summed E-state index contributed by atoms with van der Waals surface area (Å²) in [5, 5.41) is 4.46. The van der Waals surface area contributed by atoms with Crippen molar-refractivity contribution in [1.29, 1.82) is 0 Å². The number of benzene rings is 2. The zero-order valence-electron chi connectivity index (χ0n) is 16.2. The van der Waals surface area contributed by atoms with Crippen LogP contribution in [0.15, 0.2) is 46.3 Å². The second-order valence-electron chi connectivity index (χ2n) is 6.98. The van der Waals surface area contributed by atoms with Crippen LogP contribution >= 0.6 is 23.4 Å². The predicted molar refractivity (Wildman–Crippen MR) is 117 cm³/mol. The average Bonchev–Trinajstić information content (AvgIpc) is 2.61. The standard InChI is InChI=1S/C21H22ClN3O2S/c1-12(2)25-20(27)16-7-6-15(22)10-18(16)24-21(25)28-11-19(26)23-17-8-5-13(3)9-14(17)4/h5-10,12H,11H2,1-4H3,(H,23,26). The molecule has 146 valence electrons. The van der Waals surface area contributed by atoms with Crippen molar-refractivity contribution < 1.29 is 4.79 Å². The Kier molecular flexibility index (Phi) is 6.10. The number of nitrogens with one attached hydrogen (secondary N) is 1. The molecule has 0 fully saturated rings. The third-order valence-corrected chi connectivity index (χ3v) is 5.52. The zero-order valence-corrected chi connectivity index (χ0v) is 17.8. The summed E-state index contributed by atoms with van der Waals surface area (Å²) in [5.41, 5.74) is 3.34. The summed E-state index contributed by atoms with van der Waals surface area (Å²) in [4.78, 5) is 29.9. The van der Waals surface area contributed by atoms with Gasteiger partial charge >= 0.3 is 0 Å². The molecule has 0 unspecified atom stereocenters. The monoisotopic (exact) mass is 415 g/mol. The van der Waals surface area contributed by atoms with E-state index in [0.717, 1.165) is 16.8 Å². The van der Waals surface area contributed by atoms with Gasteiger partial charge in [0.2, 0.25) is 5.91 Å². The Hall–Kier alpha value is -2.31. The highest BCUT2D eigenvalue weighted by Crippen LogP contribution is 2.23. The molecular formula is C21H22ClN3O2S. The molecule has 0 aliphatic heterocycles. The molecule has 5 nitrogen and oxygen atoms in total. The number of rotatable bonds is 5. The van der Waals surface area contributed by atoms with Crippen molar-refractivity contribution in [2.45, 2.75) is 38.9 Å². The molecule has 0 spiro atoms. The molecule has 0 aliphatic rings. The molecule has 0 radical (unpaired) electrons. The molecular weight excluding hydrogens is 394 g/mol. The van der Waals surface area contributed by atoms with Gasteiger partial charge in [-0.3, -0.25) is 14.2 Å². The zero-order chi connectivity index (χ0) is 20.4. The lowest BCUT2D eigenvalue weighted by molar-refractivity contribution is -0.113. The molecule has 3 aromatic rings. The molecule has 0 aliphatic carbocycles. The number of thioether (sulfide) groups is 1. The van der Waals surface area contributed by atoms with Crippen LogP contribution in [0.4, 0.5) is 5.69 Å². The van der Waals surface area contributed by atoms with Crippen LogP contribution in [0.3, 0.4) is 0 Å². The highest BCUT2D eigenvalue weighted by atomic mass is 35.5. The quantitative estimate of drug-likeness (QED) is 0.471. The molecule has 0 bridgehead atoms. The van der Waals surface area contributed by atoms with E-state index in [-0.39, 0.29) is 23.3 Å². The number of nitrogens with zero attached hydrogens (tertiary/aromatic N) is 2. The molecule has 1 amide bonds. The van der Waals surface area contributed by atoms with Gasteiger partial charge in [-0.2, -0.15) is 0 Å². The number of hydrogen-bond acceptors (Lipinski definition) is 4. The minimum Gasteiger partial charge on any atom is -0.325 e. The smallest absolute Gasteiger partial charge is 0.262 e. The van der Waals surface area contributed by atoms with Gasteiger partial charge in [-0.1, -0.05) is 41.1 Å². The predicted octanol–water partition coefficient (Wildman–Crippen LogP) is 4.98. The Morgan fingerprint density at radius 1 is 1.21 bits per heavy atom. The van der Waals surface area contributed by atoms with Crippen molar-refractivity contribution in [1.82, 2.24) is 9.55 Å². The van der Waals surface area contributed by atoms with Gasteiger partial charge < -0.3 is 5.32 Å². The van der Waals surface area contributed by atoms with Crippen LogP contribution in [0, 0.1) is 13.8 Å². The van der Waals surface area contributed by atoms with Crippen LogP contribution < -0.4 is 10.9 Å². The number of carbonyl (C=O) groups excluding carboxylic acids is 1. The highest BCUT2D eigenvalue weighted by Gasteiger charge is 2.16. The summed E-state index contributed by atoms with van der Waals surface area (Å²) in [6, 6.07) is 10.8. The minimum atomic E-state index is -0.146. The van der Waals surface area contributed by atoms with Crippen molar-refractivity contribution in [3.8, 4) is 0 Å². The Balaban J connectivity index is 1.85. The third kappa shape index (κ3) is 4.39. The van der Waals surface area contributed by atoms with E-state index in [4.69, 9.17) is 11.6 Å². The lowest BCUT2D eigenvalue weighted by atomic mass is 10.1. The van der Waals surface area contributed by atoms with Crippen molar-refractivity contribution >= 4 is 45.9 Å². The van der Waals surface area contributed by atoms with Crippen LogP contribution in [0.5, 0.6) is 0 Å². The molecule has 0 saturated carbocycles. The van der Waals surface area contributed by atoms with Gasteiger partial charge in [-0.25, -0.2) is 4.98 Å². The Labute approximate surface area is 173 Å². The van der Waals surface area contributed by atoms with E-state index in [9.17, 15) is 9.59 Å². The molecule has 7 heteroatoms. The molecule has 3 rings (SSSR count). The molecule has 0 saturated heterocycles. The fourth-order valence-corrected chi connectivity index (χ4v) is 4.07. The largest absolute Gasteiger partial charge is 0.325 e. The van der Waals surface area contributed by atoms with E-state index in [0.29, 0.717) is 21.1 Å². The molecule has 2 aromatic carbocycles. The van der Waals surface area contributed by atoms with Crippen molar-refractivity contribution in [3.63, 3.8) is 0 Å². The first-order chi connectivity index (χ1) is 13.3. The fourth-order valence-electron chi connectivity index (χ4n) is 2.98. The van der Waals surface area contributed by atoms with E-state index in [2.05, 4.69) is 10.3 Å². The summed E-state index contributed by atoms with van der Waals surface area (Å²) in [7, 11) is 0. The Morgan fingerprint density at radius 3 is 2.64 bits per heavy atom. The number of amides is 1. The number of aryl methyl sites for hydroxylation is 2. The highest BCUT2D eigenvalue weighted by molar-refractivity contribution is 7.99.